The summed E-state index contributed by atoms with van der Waals surface area (Å²) in [4.78, 5) is 39.7. The van der Waals surface area contributed by atoms with Crippen LogP contribution in [-0.4, -0.2) is 56.5 Å². The topological polar surface area (TPSA) is 145 Å². The Kier molecular flexibility index (Phi) is 14.4. The van der Waals surface area contributed by atoms with Gasteiger partial charge >= 0.3 is 0 Å². The van der Waals surface area contributed by atoms with Gasteiger partial charge in [0.25, 0.3) is 5.91 Å². The maximum absolute atomic E-state index is 13.5. The van der Waals surface area contributed by atoms with Crippen LogP contribution in [0, 0.1) is 24.7 Å². The fourth-order valence-electron chi connectivity index (χ4n) is 5.50. The van der Waals surface area contributed by atoms with Crippen molar-refractivity contribution in [3.63, 3.8) is 0 Å². The lowest BCUT2D eigenvalue weighted by atomic mass is 9.91. The van der Waals surface area contributed by atoms with Crippen molar-refractivity contribution >= 4 is 33.4 Å². The number of aliphatic hydroxyl groups excluding tert-OH is 1. The number of hydrogen-bond acceptors (Lipinski definition) is 6. The maximum atomic E-state index is 13.5. The van der Waals surface area contributed by atoms with Crippen LogP contribution in [0.4, 0.5) is 5.69 Å². The minimum absolute atomic E-state index is 0.0554. The highest BCUT2D eigenvalue weighted by Gasteiger charge is 2.30. The van der Waals surface area contributed by atoms with Crippen molar-refractivity contribution in [1.29, 1.82) is 0 Å². The smallest absolute Gasteiger partial charge is 0.251 e. The summed E-state index contributed by atoms with van der Waals surface area (Å²) < 4.78 is 27.7. The fourth-order valence-corrected chi connectivity index (χ4v) is 6.85. The predicted molar refractivity (Wildman–Crippen MR) is 194 cm³/mol. The summed E-state index contributed by atoms with van der Waals surface area (Å²) >= 11 is 0. The van der Waals surface area contributed by atoms with E-state index in [0.29, 0.717) is 24.2 Å². The molecule has 0 saturated heterocycles. The first-order valence-corrected chi connectivity index (χ1v) is 18.4. The Balaban J connectivity index is 1.66. The first-order valence-electron chi connectivity index (χ1n) is 16.8. The van der Waals surface area contributed by atoms with Gasteiger partial charge < -0.3 is 21.1 Å². The maximum Gasteiger partial charge on any atom is 0.251 e. The van der Waals surface area contributed by atoms with Gasteiger partial charge in [-0.2, -0.15) is 0 Å². The molecule has 0 aliphatic heterocycles. The molecule has 11 heteroatoms. The van der Waals surface area contributed by atoms with Crippen LogP contribution in [-0.2, 0) is 31.9 Å². The molecule has 0 fully saturated rings. The first kappa shape index (κ1) is 39.2. The molecule has 0 aliphatic carbocycles. The van der Waals surface area contributed by atoms with E-state index in [-0.39, 0.29) is 41.4 Å². The van der Waals surface area contributed by atoms with Crippen molar-refractivity contribution in [2.24, 2.45) is 17.8 Å². The van der Waals surface area contributed by atoms with Gasteiger partial charge in [-0.1, -0.05) is 95.3 Å². The van der Waals surface area contributed by atoms with Gasteiger partial charge in [-0.15, -0.1) is 0 Å². The lowest BCUT2D eigenvalue weighted by Gasteiger charge is -2.29. The van der Waals surface area contributed by atoms with E-state index < -0.39 is 40.0 Å². The van der Waals surface area contributed by atoms with E-state index >= 15 is 0 Å². The van der Waals surface area contributed by atoms with Crippen molar-refractivity contribution in [2.45, 2.75) is 84.9 Å². The molecule has 0 radical (unpaired) electrons. The molecule has 4 atom stereocenters. The number of anilines is 1. The molecule has 0 aliphatic rings. The fraction of sp³-hybridized carbons (Fsp3) is 0.447. The van der Waals surface area contributed by atoms with Gasteiger partial charge in [-0.3, -0.25) is 18.7 Å². The van der Waals surface area contributed by atoms with Gasteiger partial charge in [-0.05, 0) is 66.5 Å². The zero-order chi connectivity index (χ0) is 36.3. The SMILES string of the molecule is Cc1ccccc1CS(=O)(=O)N(C)c1cccc(C(=O)N[C@@H](CC(C)C)[C@@H](O)C[C@@H](C)C(=O)N[C@H](C(=O)NCc2ccccc2)C(C)C)c1. The van der Waals surface area contributed by atoms with Gasteiger partial charge in [0.2, 0.25) is 21.8 Å². The number of rotatable bonds is 17. The molecule has 49 heavy (non-hydrogen) atoms. The van der Waals surface area contributed by atoms with Gasteiger partial charge in [0.05, 0.1) is 23.6 Å². The summed E-state index contributed by atoms with van der Waals surface area (Å²) in [5.41, 5.74) is 3.09. The Morgan fingerprint density at radius 2 is 1.47 bits per heavy atom. The minimum Gasteiger partial charge on any atom is -0.391 e. The second kappa shape index (κ2) is 18.0. The number of nitrogens with zero attached hydrogens (tertiary/aromatic N) is 1. The normalized spacial score (nSPS) is 14.1. The molecule has 3 aromatic carbocycles. The van der Waals surface area contributed by atoms with Gasteiger partial charge in [0.15, 0.2) is 0 Å². The van der Waals surface area contributed by atoms with E-state index in [1.54, 1.807) is 37.3 Å². The Morgan fingerprint density at radius 1 is 0.816 bits per heavy atom. The summed E-state index contributed by atoms with van der Waals surface area (Å²) in [5.74, 6) is -2.02. The third-order valence-corrected chi connectivity index (χ3v) is 10.3. The molecule has 266 valence electrons. The Hall–Kier alpha value is -4.22. The summed E-state index contributed by atoms with van der Waals surface area (Å²) in [5, 5.41) is 19.9. The van der Waals surface area contributed by atoms with Crippen molar-refractivity contribution in [2.75, 3.05) is 11.4 Å². The number of carbonyl (C=O) groups is 3. The number of aliphatic hydroxyl groups is 1. The van der Waals surface area contributed by atoms with Crippen LogP contribution in [0.15, 0.2) is 78.9 Å². The molecule has 3 aromatic rings. The highest BCUT2D eigenvalue weighted by atomic mass is 32.2. The molecular weight excluding hydrogens is 641 g/mol. The summed E-state index contributed by atoms with van der Waals surface area (Å²) in [6.45, 7) is 11.5. The largest absolute Gasteiger partial charge is 0.391 e. The van der Waals surface area contributed by atoms with Crippen LogP contribution < -0.4 is 20.3 Å². The Morgan fingerprint density at radius 3 is 2.10 bits per heavy atom. The van der Waals surface area contributed by atoms with Crippen LogP contribution in [0.3, 0.4) is 0 Å². The van der Waals surface area contributed by atoms with Gasteiger partial charge in [0.1, 0.15) is 6.04 Å². The molecule has 0 spiro atoms. The number of hydrogen-bond donors (Lipinski definition) is 4. The quantitative estimate of drug-likeness (QED) is 0.158. The highest BCUT2D eigenvalue weighted by molar-refractivity contribution is 7.92. The number of sulfonamides is 1. The van der Waals surface area contributed by atoms with Crippen molar-refractivity contribution in [3.8, 4) is 0 Å². The van der Waals surface area contributed by atoms with Crippen molar-refractivity contribution < 1.29 is 27.9 Å². The van der Waals surface area contributed by atoms with Gasteiger partial charge in [-0.25, -0.2) is 8.42 Å². The number of carbonyl (C=O) groups excluding carboxylic acids is 3. The third-order valence-electron chi connectivity index (χ3n) is 8.59. The molecule has 0 bridgehead atoms. The van der Waals surface area contributed by atoms with Crippen LogP contribution >= 0.6 is 0 Å². The van der Waals surface area contributed by atoms with Gasteiger partial charge in [0, 0.05) is 25.1 Å². The Labute approximate surface area is 291 Å². The van der Waals surface area contributed by atoms with E-state index in [0.717, 1.165) is 11.1 Å². The van der Waals surface area contributed by atoms with E-state index in [2.05, 4.69) is 16.0 Å². The lowest BCUT2D eigenvalue weighted by Crippen LogP contribution is -2.51. The Bertz CT molecular complexity index is 1660. The number of aryl methyl sites for hydroxylation is 1. The standard InChI is InChI=1S/C38H52N4O6S/c1-25(2)20-33(34(43)21-28(6)36(44)41-35(26(3)4)38(46)39-23-29-15-9-8-10-16-29)40-37(45)30-18-13-19-32(22-30)42(7)49(47,48)24-31-17-12-11-14-27(31)5/h8-19,22,25-26,28,33-35,43H,20-21,23-24H2,1-7H3,(H,39,46)(H,40,45)(H,41,44)/t28-,33+,34+,35+/m1/s1. The van der Waals surface area contributed by atoms with Crippen LogP contribution in [0.2, 0.25) is 0 Å². The molecule has 3 rings (SSSR count). The third kappa shape index (κ3) is 11.7. The number of benzene rings is 3. The van der Waals surface area contributed by atoms with E-state index in [1.807, 2.05) is 77.1 Å². The van der Waals surface area contributed by atoms with Crippen LogP contribution in [0.5, 0.6) is 0 Å². The highest BCUT2D eigenvalue weighted by Crippen LogP contribution is 2.23. The second-order valence-corrected chi connectivity index (χ2v) is 15.5. The molecule has 3 amide bonds. The summed E-state index contributed by atoms with van der Waals surface area (Å²) in [6.07, 6.45) is -0.556. The molecular formula is C38H52N4O6S. The number of nitrogens with one attached hydrogen (secondary N) is 3. The van der Waals surface area contributed by atoms with Crippen molar-refractivity contribution in [3.05, 3.63) is 101 Å². The van der Waals surface area contributed by atoms with Crippen LogP contribution in [0.25, 0.3) is 0 Å². The van der Waals surface area contributed by atoms with E-state index in [4.69, 9.17) is 0 Å². The lowest BCUT2D eigenvalue weighted by molar-refractivity contribution is -0.132. The summed E-state index contributed by atoms with van der Waals surface area (Å²) in [7, 11) is -2.29. The minimum atomic E-state index is -3.74. The number of amides is 3. The summed E-state index contributed by atoms with van der Waals surface area (Å²) in [6, 6.07) is 21.7. The molecule has 0 unspecified atom stereocenters. The molecule has 10 nitrogen and oxygen atoms in total. The predicted octanol–water partition coefficient (Wildman–Crippen LogP) is 4.95. The zero-order valence-electron chi connectivity index (χ0n) is 29.6. The monoisotopic (exact) mass is 692 g/mol. The average Bonchev–Trinajstić information content (AvgIpc) is 3.06. The average molecular weight is 693 g/mol. The molecule has 0 heterocycles. The van der Waals surface area contributed by atoms with E-state index in [1.165, 1.54) is 17.4 Å². The molecule has 4 N–H and O–H groups in total. The van der Waals surface area contributed by atoms with Crippen LogP contribution in [0.1, 0.15) is 74.5 Å². The molecule has 0 saturated carbocycles. The van der Waals surface area contributed by atoms with E-state index in [9.17, 15) is 27.9 Å². The second-order valence-electron chi connectivity index (χ2n) is 13.5. The van der Waals surface area contributed by atoms with Crippen molar-refractivity contribution in [1.82, 2.24) is 16.0 Å². The molecule has 0 aromatic heterocycles. The zero-order valence-corrected chi connectivity index (χ0v) is 30.5. The first-order chi connectivity index (χ1) is 23.1.